The average molecular weight is 513 g/mol. The third-order valence-corrected chi connectivity index (χ3v) is 7.04. The first-order valence-electron chi connectivity index (χ1n) is 11.3. The van der Waals surface area contributed by atoms with Crippen LogP contribution in [0.15, 0.2) is 53.9 Å². The quantitative estimate of drug-likeness (QED) is 0.445. The van der Waals surface area contributed by atoms with Crippen molar-refractivity contribution in [3.63, 3.8) is 0 Å². The topological polar surface area (TPSA) is 83.6 Å². The molecule has 2 N–H and O–H groups in total. The van der Waals surface area contributed by atoms with Crippen LogP contribution >= 0.6 is 23.6 Å². The summed E-state index contributed by atoms with van der Waals surface area (Å²) >= 11 is 6.69. The maximum Gasteiger partial charge on any atom is 0.414 e. The maximum absolute atomic E-state index is 13.3. The van der Waals surface area contributed by atoms with Crippen molar-refractivity contribution in [1.29, 1.82) is 0 Å². The molecule has 2 amide bonds. The Kier molecular flexibility index (Phi) is 8.04. The number of rotatable bonds is 5. The number of hydrogen-bond donors (Lipinski definition) is 2. The van der Waals surface area contributed by atoms with Crippen molar-refractivity contribution in [2.24, 2.45) is 0 Å². The smallest absolute Gasteiger partial charge is 0.383 e. The van der Waals surface area contributed by atoms with Crippen molar-refractivity contribution >= 4 is 46.4 Å². The number of ether oxygens (including phenoxy) is 1. The van der Waals surface area contributed by atoms with Gasteiger partial charge in [0.05, 0.1) is 5.01 Å². The Labute approximate surface area is 212 Å². The second-order valence-corrected chi connectivity index (χ2v) is 9.26. The Bertz CT molecular complexity index is 1210. The summed E-state index contributed by atoms with van der Waals surface area (Å²) in [5, 5.41) is 8.34. The van der Waals surface area contributed by atoms with Gasteiger partial charge in [0.15, 0.2) is 0 Å². The number of carbonyl (C=O) groups is 2. The molecule has 1 aromatic heterocycles. The molecule has 0 aliphatic carbocycles. The molecule has 0 unspecified atom stereocenters. The van der Waals surface area contributed by atoms with Gasteiger partial charge in [-0.1, -0.05) is 30.3 Å². The van der Waals surface area contributed by atoms with Crippen LogP contribution in [0.4, 0.5) is 14.9 Å². The molecule has 2 aromatic carbocycles. The van der Waals surface area contributed by atoms with E-state index >= 15 is 0 Å². The van der Waals surface area contributed by atoms with Gasteiger partial charge in [-0.3, -0.25) is 4.79 Å². The number of para-hydroxylation sites is 1. The molecule has 1 fully saturated rings. The standard InChI is InChI=1S/C25H25FN4O3S2/c1-2-27-24(32)33-25(34)30-13-11-17(12-14-30)23-29-21(15-35-23)22(31)28-20-6-4-3-5-19(20)16-7-9-18(26)10-8-16/h3-10,15,17H,2,11-14H2,1H3,(H,27,32)(H,28,31). The van der Waals surface area contributed by atoms with Crippen molar-refractivity contribution < 1.29 is 18.7 Å². The Balaban J connectivity index is 1.37. The van der Waals surface area contributed by atoms with E-state index in [1.165, 1.54) is 23.5 Å². The number of thiazole rings is 1. The number of aromatic nitrogens is 1. The van der Waals surface area contributed by atoms with E-state index in [-0.39, 0.29) is 22.8 Å². The highest BCUT2D eigenvalue weighted by Crippen LogP contribution is 2.32. The predicted molar refractivity (Wildman–Crippen MR) is 138 cm³/mol. The number of piperidine rings is 1. The summed E-state index contributed by atoms with van der Waals surface area (Å²) in [6.07, 6.45) is 1.04. The van der Waals surface area contributed by atoms with Crippen LogP contribution < -0.4 is 10.6 Å². The van der Waals surface area contributed by atoms with E-state index in [0.717, 1.165) is 29.0 Å². The molecule has 10 heteroatoms. The Morgan fingerprint density at radius 3 is 2.60 bits per heavy atom. The zero-order valence-electron chi connectivity index (χ0n) is 19.1. The highest BCUT2D eigenvalue weighted by atomic mass is 32.1. The molecule has 1 aliphatic rings. The van der Waals surface area contributed by atoms with E-state index in [4.69, 9.17) is 17.0 Å². The van der Waals surface area contributed by atoms with E-state index in [0.29, 0.717) is 31.0 Å². The van der Waals surface area contributed by atoms with Crippen molar-refractivity contribution in [2.75, 3.05) is 25.0 Å². The van der Waals surface area contributed by atoms with Gasteiger partial charge in [0.1, 0.15) is 11.5 Å². The molecule has 0 spiro atoms. The zero-order chi connectivity index (χ0) is 24.8. The number of thiocarbonyl (C=S) groups is 1. The molecule has 0 bridgehead atoms. The summed E-state index contributed by atoms with van der Waals surface area (Å²) in [6, 6.07) is 13.5. The molecule has 3 aromatic rings. The Hall–Kier alpha value is -3.37. The van der Waals surface area contributed by atoms with Gasteiger partial charge in [-0.15, -0.1) is 11.3 Å². The maximum atomic E-state index is 13.3. The van der Waals surface area contributed by atoms with Crippen LogP contribution in [0.1, 0.15) is 41.2 Å². The van der Waals surface area contributed by atoms with Crippen molar-refractivity contribution in [1.82, 2.24) is 15.2 Å². The van der Waals surface area contributed by atoms with Crippen LogP contribution in [0.25, 0.3) is 11.1 Å². The second-order valence-electron chi connectivity index (χ2n) is 8.02. The number of halogens is 1. The molecular weight excluding hydrogens is 487 g/mol. The van der Waals surface area contributed by atoms with Crippen LogP contribution in [-0.4, -0.2) is 46.7 Å². The highest BCUT2D eigenvalue weighted by molar-refractivity contribution is 7.80. The molecule has 1 aliphatic heterocycles. The first-order valence-corrected chi connectivity index (χ1v) is 12.6. The molecule has 0 saturated carbocycles. The third-order valence-electron chi connectivity index (χ3n) is 5.69. The SMILES string of the molecule is CCNC(=O)OC(=S)N1CCC(c2nc(C(=O)Nc3ccccc3-c3ccc(F)cc3)cs2)CC1. The molecule has 7 nitrogen and oxygen atoms in total. The molecule has 4 rings (SSSR count). The number of anilines is 1. The first-order chi connectivity index (χ1) is 16.9. The van der Waals surface area contributed by atoms with Crippen LogP contribution in [-0.2, 0) is 4.74 Å². The number of alkyl carbamates (subject to hydrolysis) is 1. The summed E-state index contributed by atoms with van der Waals surface area (Å²) in [5.74, 6) is -0.403. The number of amides is 2. The molecule has 0 atom stereocenters. The third kappa shape index (κ3) is 6.20. The van der Waals surface area contributed by atoms with E-state index < -0.39 is 6.09 Å². The fourth-order valence-electron chi connectivity index (χ4n) is 3.87. The summed E-state index contributed by atoms with van der Waals surface area (Å²) < 4.78 is 18.5. The summed E-state index contributed by atoms with van der Waals surface area (Å²) in [5.41, 5.74) is 2.60. The minimum atomic E-state index is -0.545. The summed E-state index contributed by atoms with van der Waals surface area (Å²) in [4.78, 5) is 31.0. The van der Waals surface area contributed by atoms with Gasteiger partial charge in [0.2, 0.25) is 0 Å². The number of carbonyl (C=O) groups excluding carboxylic acids is 2. The van der Waals surface area contributed by atoms with Crippen molar-refractivity contribution in [2.45, 2.75) is 25.7 Å². The van der Waals surface area contributed by atoms with Gasteiger partial charge in [0.25, 0.3) is 11.1 Å². The van der Waals surface area contributed by atoms with Crippen LogP contribution in [0.5, 0.6) is 0 Å². The second kappa shape index (κ2) is 11.4. The van der Waals surface area contributed by atoms with Gasteiger partial charge in [0, 0.05) is 42.2 Å². The Morgan fingerprint density at radius 1 is 1.17 bits per heavy atom. The molecule has 0 radical (unpaired) electrons. The van der Waals surface area contributed by atoms with E-state index in [9.17, 15) is 14.0 Å². The van der Waals surface area contributed by atoms with Gasteiger partial charge >= 0.3 is 6.09 Å². The molecule has 35 heavy (non-hydrogen) atoms. The molecule has 1 saturated heterocycles. The minimum Gasteiger partial charge on any atom is -0.383 e. The summed E-state index contributed by atoms with van der Waals surface area (Å²) in [7, 11) is 0. The molecule has 182 valence electrons. The predicted octanol–water partition coefficient (Wildman–Crippen LogP) is 5.41. The molecule has 2 heterocycles. The lowest BCUT2D eigenvalue weighted by Crippen LogP contribution is -2.40. The van der Waals surface area contributed by atoms with Crippen LogP contribution in [0.3, 0.4) is 0 Å². The fourth-order valence-corrected chi connectivity index (χ4v) is 5.10. The van der Waals surface area contributed by atoms with Crippen molar-refractivity contribution in [3.8, 4) is 11.1 Å². The van der Waals surface area contributed by atoms with Gasteiger partial charge in [-0.05, 0) is 55.7 Å². The Morgan fingerprint density at radius 2 is 1.89 bits per heavy atom. The van der Waals surface area contributed by atoms with Gasteiger partial charge < -0.3 is 20.3 Å². The number of likely N-dealkylation sites (tertiary alicyclic amines) is 1. The lowest BCUT2D eigenvalue weighted by atomic mass is 9.98. The van der Waals surface area contributed by atoms with Gasteiger partial charge in [-0.2, -0.15) is 0 Å². The van der Waals surface area contributed by atoms with E-state index in [1.807, 2.05) is 36.1 Å². The molecular formula is C25H25FN4O3S2. The zero-order valence-corrected chi connectivity index (χ0v) is 20.8. The average Bonchev–Trinajstić information content (AvgIpc) is 3.36. The number of benzene rings is 2. The number of hydrogen-bond acceptors (Lipinski definition) is 6. The minimum absolute atomic E-state index is 0.174. The van der Waals surface area contributed by atoms with E-state index in [1.54, 1.807) is 17.5 Å². The fraction of sp³-hybridized carbons (Fsp3) is 0.280. The lowest BCUT2D eigenvalue weighted by Gasteiger charge is -2.31. The largest absolute Gasteiger partial charge is 0.414 e. The van der Waals surface area contributed by atoms with Crippen molar-refractivity contribution in [3.05, 3.63) is 70.4 Å². The lowest BCUT2D eigenvalue weighted by molar-refractivity contribution is 0.102. The number of nitrogens with one attached hydrogen (secondary N) is 2. The van der Waals surface area contributed by atoms with Gasteiger partial charge in [-0.25, -0.2) is 14.2 Å². The van der Waals surface area contributed by atoms with E-state index in [2.05, 4.69) is 15.6 Å². The van der Waals surface area contributed by atoms with Crippen LogP contribution in [0, 0.1) is 5.82 Å². The highest BCUT2D eigenvalue weighted by Gasteiger charge is 2.26. The summed E-state index contributed by atoms with van der Waals surface area (Å²) in [6.45, 7) is 3.58. The first kappa shape index (κ1) is 24.7. The number of nitrogens with zero attached hydrogens (tertiary/aromatic N) is 2. The monoisotopic (exact) mass is 512 g/mol. The normalized spacial score (nSPS) is 13.8. The van der Waals surface area contributed by atoms with Crippen LogP contribution in [0.2, 0.25) is 0 Å².